The Balaban J connectivity index is 2.37. The standard InChI is InChI=1S/C21H25NO5/c1-11(2)16-9-15(6-7-18(16)23)27-20-12(3)8-17(13(4)14(20)5)21(26)22-10-19(24)25/h6-9,11,23H,10H2,1-5H3,(H,22,26)(H,24,25). The van der Waals surface area contributed by atoms with E-state index >= 15 is 0 Å². The normalized spacial score (nSPS) is 10.7. The maximum atomic E-state index is 12.3. The first-order valence-electron chi connectivity index (χ1n) is 8.73. The molecule has 0 saturated heterocycles. The predicted molar refractivity (Wildman–Crippen MR) is 103 cm³/mol. The van der Waals surface area contributed by atoms with E-state index in [9.17, 15) is 14.7 Å². The summed E-state index contributed by atoms with van der Waals surface area (Å²) in [6.07, 6.45) is 0. The molecular weight excluding hydrogens is 346 g/mol. The Bertz CT molecular complexity index is 887. The molecule has 6 heteroatoms. The number of aryl methyl sites for hydroxylation is 1. The minimum Gasteiger partial charge on any atom is -0.508 e. The molecule has 2 aromatic rings. The summed E-state index contributed by atoms with van der Waals surface area (Å²) in [5.74, 6) is 0.0973. The fourth-order valence-electron chi connectivity index (χ4n) is 2.88. The Morgan fingerprint density at radius 2 is 1.78 bits per heavy atom. The molecular formula is C21H25NO5. The first-order chi connectivity index (χ1) is 12.6. The molecule has 2 rings (SSSR count). The molecule has 0 atom stereocenters. The monoisotopic (exact) mass is 371 g/mol. The van der Waals surface area contributed by atoms with E-state index in [2.05, 4.69) is 5.32 Å². The highest BCUT2D eigenvalue weighted by Crippen LogP contribution is 2.35. The van der Waals surface area contributed by atoms with Gasteiger partial charge in [-0.15, -0.1) is 0 Å². The zero-order valence-corrected chi connectivity index (χ0v) is 16.2. The fourth-order valence-corrected chi connectivity index (χ4v) is 2.88. The summed E-state index contributed by atoms with van der Waals surface area (Å²) in [7, 11) is 0. The average Bonchev–Trinajstić information content (AvgIpc) is 2.60. The van der Waals surface area contributed by atoms with Crippen LogP contribution in [0.5, 0.6) is 17.2 Å². The van der Waals surface area contributed by atoms with Gasteiger partial charge in [0.05, 0.1) is 0 Å². The Kier molecular flexibility index (Phi) is 6.10. The van der Waals surface area contributed by atoms with Crippen LogP contribution in [0.4, 0.5) is 0 Å². The summed E-state index contributed by atoms with van der Waals surface area (Å²) in [5, 5.41) is 21.1. The third kappa shape index (κ3) is 4.58. The lowest BCUT2D eigenvalue weighted by Crippen LogP contribution is -2.30. The van der Waals surface area contributed by atoms with Crippen LogP contribution >= 0.6 is 0 Å². The lowest BCUT2D eigenvalue weighted by molar-refractivity contribution is -0.135. The maximum Gasteiger partial charge on any atom is 0.322 e. The number of nitrogens with one attached hydrogen (secondary N) is 1. The highest BCUT2D eigenvalue weighted by Gasteiger charge is 2.18. The summed E-state index contributed by atoms with van der Waals surface area (Å²) in [6.45, 7) is 9.04. The van der Waals surface area contributed by atoms with Gasteiger partial charge in [-0.25, -0.2) is 0 Å². The number of ether oxygens (including phenoxy) is 1. The number of aromatic hydroxyl groups is 1. The number of phenolic OH excluding ortho intramolecular Hbond substituents is 1. The van der Waals surface area contributed by atoms with Gasteiger partial charge in [0.25, 0.3) is 5.91 Å². The van der Waals surface area contributed by atoms with Gasteiger partial charge in [-0.2, -0.15) is 0 Å². The van der Waals surface area contributed by atoms with E-state index in [0.29, 0.717) is 17.1 Å². The van der Waals surface area contributed by atoms with E-state index in [4.69, 9.17) is 9.84 Å². The minimum atomic E-state index is -1.09. The summed E-state index contributed by atoms with van der Waals surface area (Å²) < 4.78 is 6.06. The Hall–Kier alpha value is -3.02. The molecule has 0 aromatic heterocycles. The van der Waals surface area contributed by atoms with Crippen molar-refractivity contribution in [3.63, 3.8) is 0 Å². The summed E-state index contributed by atoms with van der Waals surface area (Å²) in [6, 6.07) is 6.80. The van der Waals surface area contributed by atoms with Gasteiger partial charge >= 0.3 is 5.97 Å². The molecule has 0 saturated carbocycles. The number of hydrogen-bond donors (Lipinski definition) is 3. The van der Waals surface area contributed by atoms with Crippen LogP contribution in [0, 0.1) is 20.8 Å². The number of aliphatic carboxylic acids is 1. The van der Waals surface area contributed by atoms with Crippen molar-refractivity contribution in [2.45, 2.75) is 40.5 Å². The van der Waals surface area contributed by atoms with Crippen LogP contribution in [0.25, 0.3) is 0 Å². The Labute approximate surface area is 158 Å². The molecule has 3 N–H and O–H groups in total. The molecule has 0 bridgehead atoms. The molecule has 1 amide bonds. The summed E-state index contributed by atoms with van der Waals surface area (Å²) >= 11 is 0. The van der Waals surface area contributed by atoms with Crippen molar-refractivity contribution in [2.75, 3.05) is 6.54 Å². The molecule has 0 aliphatic heterocycles. The van der Waals surface area contributed by atoms with Crippen molar-refractivity contribution in [3.05, 3.63) is 52.1 Å². The van der Waals surface area contributed by atoms with E-state index in [1.807, 2.05) is 33.8 Å². The van der Waals surface area contributed by atoms with E-state index < -0.39 is 18.4 Å². The van der Waals surface area contributed by atoms with Crippen molar-refractivity contribution in [3.8, 4) is 17.2 Å². The van der Waals surface area contributed by atoms with E-state index in [1.165, 1.54) is 0 Å². The highest BCUT2D eigenvalue weighted by atomic mass is 16.5. The summed E-state index contributed by atoms with van der Waals surface area (Å²) in [4.78, 5) is 22.9. The van der Waals surface area contributed by atoms with Crippen molar-refractivity contribution in [1.29, 1.82) is 0 Å². The lowest BCUT2D eigenvalue weighted by atomic mass is 9.98. The van der Waals surface area contributed by atoms with Crippen LogP contribution in [0.2, 0.25) is 0 Å². The van der Waals surface area contributed by atoms with Gasteiger partial charge in [-0.3, -0.25) is 9.59 Å². The number of benzene rings is 2. The minimum absolute atomic E-state index is 0.151. The van der Waals surface area contributed by atoms with E-state index in [0.717, 1.165) is 22.3 Å². The van der Waals surface area contributed by atoms with Gasteiger partial charge in [0, 0.05) is 11.1 Å². The van der Waals surface area contributed by atoms with Crippen LogP contribution < -0.4 is 10.1 Å². The first kappa shape index (κ1) is 20.3. The largest absolute Gasteiger partial charge is 0.508 e. The van der Waals surface area contributed by atoms with Gasteiger partial charge in [0.15, 0.2) is 0 Å². The third-order valence-electron chi connectivity index (χ3n) is 4.51. The number of carboxylic acids is 1. The SMILES string of the molecule is Cc1cc(C(=O)NCC(=O)O)c(C)c(C)c1Oc1ccc(O)c(C(C)C)c1. The van der Waals surface area contributed by atoms with Crippen molar-refractivity contribution in [1.82, 2.24) is 5.32 Å². The second-order valence-corrected chi connectivity index (χ2v) is 6.87. The quantitative estimate of drug-likeness (QED) is 0.712. The van der Waals surface area contributed by atoms with Crippen molar-refractivity contribution in [2.24, 2.45) is 0 Å². The van der Waals surface area contributed by atoms with E-state index in [-0.39, 0.29) is 11.7 Å². The Morgan fingerprint density at radius 1 is 1.11 bits per heavy atom. The first-order valence-corrected chi connectivity index (χ1v) is 8.73. The van der Waals surface area contributed by atoms with Gasteiger partial charge in [0.2, 0.25) is 0 Å². The molecule has 0 aliphatic carbocycles. The lowest BCUT2D eigenvalue weighted by Gasteiger charge is -2.18. The molecule has 2 aromatic carbocycles. The second kappa shape index (κ2) is 8.12. The van der Waals surface area contributed by atoms with Gasteiger partial charge in [0.1, 0.15) is 23.8 Å². The average molecular weight is 371 g/mol. The third-order valence-corrected chi connectivity index (χ3v) is 4.51. The molecule has 6 nitrogen and oxygen atoms in total. The predicted octanol–water partition coefficient (Wildman–Crippen LogP) is 4.05. The van der Waals surface area contributed by atoms with Crippen LogP contribution in [0.1, 0.15) is 52.4 Å². The van der Waals surface area contributed by atoms with Gasteiger partial charge in [-0.05, 0) is 67.6 Å². The molecule has 0 fully saturated rings. The number of phenols is 1. The van der Waals surface area contributed by atoms with Crippen LogP contribution in [0.15, 0.2) is 24.3 Å². The molecule has 0 spiro atoms. The van der Waals surface area contributed by atoms with Crippen LogP contribution in [-0.4, -0.2) is 28.6 Å². The van der Waals surface area contributed by atoms with Crippen molar-refractivity contribution >= 4 is 11.9 Å². The molecule has 0 radical (unpaired) electrons. The summed E-state index contributed by atoms with van der Waals surface area (Å²) in [5.41, 5.74) is 3.50. The molecule has 27 heavy (non-hydrogen) atoms. The number of carbonyl (C=O) groups excluding carboxylic acids is 1. The molecule has 0 aliphatic rings. The van der Waals surface area contributed by atoms with E-state index in [1.54, 1.807) is 25.1 Å². The number of carboxylic acid groups (broad SMARTS) is 1. The van der Waals surface area contributed by atoms with Crippen LogP contribution in [0.3, 0.4) is 0 Å². The highest BCUT2D eigenvalue weighted by molar-refractivity contribution is 5.97. The molecule has 144 valence electrons. The molecule has 0 heterocycles. The second-order valence-electron chi connectivity index (χ2n) is 6.87. The zero-order chi connectivity index (χ0) is 20.3. The van der Waals surface area contributed by atoms with Gasteiger partial charge in [-0.1, -0.05) is 13.8 Å². The van der Waals surface area contributed by atoms with Crippen molar-refractivity contribution < 1.29 is 24.5 Å². The van der Waals surface area contributed by atoms with Gasteiger partial charge < -0.3 is 20.3 Å². The smallest absolute Gasteiger partial charge is 0.322 e. The maximum absolute atomic E-state index is 12.3. The fraction of sp³-hybridized carbons (Fsp3) is 0.333. The topological polar surface area (TPSA) is 95.9 Å². The van der Waals surface area contributed by atoms with Crippen LogP contribution in [-0.2, 0) is 4.79 Å². The number of amides is 1. The Morgan fingerprint density at radius 3 is 2.37 bits per heavy atom. The number of hydrogen-bond acceptors (Lipinski definition) is 4. The molecule has 0 unspecified atom stereocenters. The zero-order valence-electron chi connectivity index (χ0n) is 16.2. The number of carbonyl (C=O) groups is 2. The number of rotatable bonds is 6.